The predicted molar refractivity (Wildman–Crippen MR) is 108 cm³/mol. The van der Waals surface area contributed by atoms with Gasteiger partial charge in [0.1, 0.15) is 0 Å². The number of nitrogens with one attached hydrogen (secondary N) is 3. The summed E-state index contributed by atoms with van der Waals surface area (Å²) in [6.07, 6.45) is 0. The van der Waals surface area contributed by atoms with Crippen LogP contribution in [0.2, 0.25) is 0 Å². The zero-order chi connectivity index (χ0) is 19.3. The fourth-order valence-corrected chi connectivity index (χ4v) is 3.05. The molecule has 0 aliphatic carbocycles. The molecule has 5 nitrogen and oxygen atoms in total. The lowest BCUT2D eigenvalue weighted by molar-refractivity contribution is 0.0919. The third-order valence-electron chi connectivity index (χ3n) is 3.59. The molecule has 26 heavy (non-hydrogen) atoms. The number of hydrogen-bond donors (Lipinski definition) is 3. The summed E-state index contributed by atoms with van der Waals surface area (Å²) in [4.78, 5) is 24.5. The molecule has 1 unspecified atom stereocenters. The van der Waals surface area contributed by atoms with Crippen LogP contribution in [0.15, 0.2) is 53.0 Å². The number of hydrogen-bond acceptors (Lipinski definition) is 2. The van der Waals surface area contributed by atoms with Crippen molar-refractivity contribution in [2.24, 2.45) is 0 Å². The fraction of sp³-hybridized carbons (Fsp3) is 0.300. The van der Waals surface area contributed by atoms with Crippen LogP contribution < -0.4 is 16.0 Å². The Bertz CT molecular complexity index is 800. The average Bonchev–Trinajstić information content (AvgIpc) is 2.53. The number of urea groups is 1. The fourth-order valence-electron chi connectivity index (χ4n) is 2.42. The van der Waals surface area contributed by atoms with Crippen molar-refractivity contribution in [1.29, 1.82) is 0 Å². The van der Waals surface area contributed by atoms with Crippen molar-refractivity contribution in [1.82, 2.24) is 10.6 Å². The first-order valence-corrected chi connectivity index (χ1v) is 9.19. The van der Waals surface area contributed by atoms with Crippen LogP contribution in [0, 0.1) is 0 Å². The van der Waals surface area contributed by atoms with Gasteiger partial charge >= 0.3 is 6.03 Å². The van der Waals surface area contributed by atoms with Gasteiger partial charge in [-0.25, -0.2) is 4.79 Å². The molecule has 1 atom stereocenters. The van der Waals surface area contributed by atoms with Gasteiger partial charge in [-0.1, -0.05) is 40.2 Å². The second-order valence-corrected chi connectivity index (χ2v) is 7.98. The van der Waals surface area contributed by atoms with Crippen molar-refractivity contribution in [3.05, 3.63) is 64.1 Å². The van der Waals surface area contributed by atoms with Crippen LogP contribution >= 0.6 is 15.9 Å². The average molecular weight is 418 g/mol. The maximum atomic E-state index is 12.3. The van der Waals surface area contributed by atoms with Crippen LogP contribution in [0.1, 0.15) is 49.7 Å². The molecule has 138 valence electrons. The molecule has 0 saturated carbocycles. The van der Waals surface area contributed by atoms with E-state index in [1.54, 1.807) is 24.3 Å². The molecule has 0 aromatic heterocycles. The summed E-state index contributed by atoms with van der Waals surface area (Å²) in [5.41, 5.74) is 1.72. The Kier molecular flexibility index (Phi) is 6.42. The van der Waals surface area contributed by atoms with Gasteiger partial charge in [-0.05, 0) is 57.5 Å². The van der Waals surface area contributed by atoms with Crippen LogP contribution in [0.25, 0.3) is 0 Å². The van der Waals surface area contributed by atoms with E-state index in [1.165, 1.54) is 0 Å². The van der Waals surface area contributed by atoms with Crippen LogP contribution in [0.4, 0.5) is 10.5 Å². The maximum absolute atomic E-state index is 12.3. The zero-order valence-electron chi connectivity index (χ0n) is 15.4. The Hall–Kier alpha value is -2.34. The van der Waals surface area contributed by atoms with Gasteiger partial charge in [-0.3, -0.25) is 4.79 Å². The number of carbonyl (C=O) groups is 2. The molecule has 0 aliphatic rings. The molecule has 0 saturated heterocycles. The highest BCUT2D eigenvalue weighted by Gasteiger charge is 2.16. The van der Waals surface area contributed by atoms with Crippen LogP contribution in [0.5, 0.6) is 0 Å². The Morgan fingerprint density at radius 2 is 1.73 bits per heavy atom. The first-order chi connectivity index (χ1) is 12.2. The standard InChI is InChI=1S/C20H24BrN3O2/c1-13(16-10-5-6-11-17(16)21)22-19(26)23-15-9-7-8-14(12-15)18(25)24-20(2,3)4/h5-13H,1-4H3,(H,24,25)(H2,22,23,26). The summed E-state index contributed by atoms with van der Waals surface area (Å²) < 4.78 is 0.939. The number of amides is 3. The first-order valence-electron chi connectivity index (χ1n) is 8.40. The lowest BCUT2D eigenvalue weighted by Gasteiger charge is -2.21. The van der Waals surface area contributed by atoms with Gasteiger partial charge in [0.25, 0.3) is 5.91 Å². The molecule has 3 N–H and O–H groups in total. The number of rotatable bonds is 4. The Morgan fingerprint density at radius 3 is 2.38 bits per heavy atom. The lowest BCUT2D eigenvalue weighted by atomic mass is 10.1. The minimum Gasteiger partial charge on any atom is -0.347 e. The quantitative estimate of drug-likeness (QED) is 0.664. The van der Waals surface area contributed by atoms with Crippen molar-refractivity contribution in [3.8, 4) is 0 Å². The third-order valence-corrected chi connectivity index (χ3v) is 4.31. The van der Waals surface area contributed by atoms with E-state index >= 15 is 0 Å². The molecule has 3 amide bonds. The summed E-state index contributed by atoms with van der Waals surface area (Å²) in [5.74, 6) is -0.178. The second-order valence-electron chi connectivity index (χ2n) is 7.13. The molecule has 2 aromatic rings. The van der Waals surface area contributed by atoms with Crippen molar-refractivity contribution >= 4 is 33.6 Å². The molecule has 0 fully saturated rings. The summed E-state index contributed by atoms with van der Waals surface area (Å²) in [7, 11) is 0. The van der Waals surface area contributed by atoms with E-state index < -0.39 is 0 Å². The molecule has 6 heteroatoms. The normalized spacial score (nSPS) is 12.2. The van der Waals surface area contributed by atoms with E-state index in [-0.39, 0.29) is 23.5 Å². The lowest BCUT2D eigenvalue weighted by Crippen LogP contribution is -2.40. The highest BCUT2D eigenvalue weighted by atomic mass is 79.9. The minimum absolute atomic E-state index is 0.169. The molecule has 2 aromatic carbocycles. The zero-order valence-corrected chi connectivity index (χ0v) is 17.0. The third kappa shape index (κ3) is 5.88. The first kappa shape index (κ1) is 20.0. The summed E-state index contributed by atoms with van der Waals surface area (Å²) in [6, 6.07) is 14.1. The highest BCUT2D eigenvalue weighted by molar-refractivity contribution is 9.10. The number of carbonyl (C=O) groups excluding carboxylic acids is 2. The van der Waals surface area contributed by atoms with Gasteiger partial charge < -0.3 is 16.0 Å². The van der Waals surface area contributed by atoms with E-state index in [4.69, 9.17) is 0 Å². The Balaban J connectivity index is 2.02. The number of halogens is 1. The molecular formula is C20H24BrN3O2. The van der Waals surface area contributed by atoms with Crippen LogP contribution in [0.3, 0.4) is 0 Å². The topological polar surface area (TPSA) is 70.2 Å². The number of anilines is 1. The van der Waals surface area contributed by atoms with Gasteiger partial charge in [-0.15, -0.1) is 0 Å². The second kappa shape index (κ2) is 8.36. The largest absolute Gasteiger partial charge is 0.347 e. The van der Waals surface area contributed by atoms with Gasteiger partial charge in [0.05, 0.1) is 6.04 Å². The summed E-state index contributed by atoms with van der Waals surface area (Å²) in [6.45, 7) is 7.67. The van der Waals surface area contributed by atoms with E-state index in [1.807, 2.05) is 52.0 Å². The summed E-state index contributed by atoms with van der Waals surface area (Å²) in [5, 5.41) is 8.57. The number of benzene rings is 2. The van der Waals surface area contributed by atoms with Gasteiger partial charge in [0.15, 0.2) is 0 Å². The Labute approximate surface area is 162 Å². The van der Waals surface area contributed by atoms with Crippen LogP contribution in [-0.2, 0) is 0 Å². The smallest absolute Gasteiger partial charge is 0.319 e. The predicted octanol–water partition coefficient (Wildman–Crippen LogP) is 4.86. The van der Waals surface area contributed by atoms with Crippen molar-refractivity contribution in [2.75, 3.05) is 5.32 Å². The van der Waals surface area contributed by atoms with E-state index in [9.17, 15) is 9.59 Å². The van der Waals surface area contributed by atoms with Crippen molar-refractivity contribution in [2.45, 2.75) is 39.3 Å². The highest BCUT2D eigenvalue weighted by Crippen LogP contribution is 2.22. The van der Waals surface area contributed by atoms with E-state index in [0.717, 1.165) is 10.0 Å². The molecule has 2 rings (SSSR count). The van der Waals surface area contributed by atoms with Gasteiger partial charge in [0.2, 0.25) is 0 Å². The molecular weight excluding hydrogens is 394 g/mol. The maximum Gasteiger partial charge on any atom is 0.319 e. The summed E-state index contributed by atoms with van der Waals surface area (Å²) >= 11 is 3.49. The SMILES string of the molecule is CC(NC(=O)Nc1cccc(C(=O)NC(C)(C)C)c1)c1ccccc1Br. The Morgan fingerprint density at radius 1 is 1.04 bits per heavy atom. The van der Waals surface area contributed by atoms with Gasteiger partial charge in [-0.2, -0.15) is 0 Å². The van der Waals surface area contributed by atoms with Crippen LogP contribution in [-0.4, -0.2) is 17.5 Å². The molecule has 0 radical (unpaired) electrons. The minimum atomic E-state index is -0.332. The van der Waals surface area contributed by atoms with Crippen molar-refractivity contribution < 1.29 is 9.59 Å². The molecule has 0 aliphatic heterocycles. The molecule has 0 bridgehead atoms. The van der Waals surface area contributed by atoms with Gasteiger partial charge in [0, 0.05) is 21.3 Å². The van der Waals surface area contributed by atoms with Crippen molar-refractivity contribution in [3.63, 3.8) is 0 Å². The molecule has 0 spiro atoms. The van der Waals surface area contributed by atoms with E-state index in [2.05, 4.69) is 31.9 Å². The molecule has 0 heterocycles. The van der Waals surface area contributed by atoms with E-state index in [0.29, 0.717) is 11.3 Å². The monoisotopic (exact) mass is 417 g/mol.